The number of imidazole rings is 1. The number of anilines is 1. The van der Waals surface area contributed by atoms with E-state index in [1.807, 2.05) is 30.3 Å². The second-order valence-corrected chi connectivity index (χ2v) is 10.2. The number of thioether (sulfide) groups is 1. The fourth-order valence-electron chi connectivity index (χ4n) is 3.61. The number of carbonyl (C=O) groups excluding carboxylic acids is 1. The third-order valence-corrected chi connectivity index (χ3v) is 8.29. The maximum atomic E-state index is 13.7. The van der Waals surface area contributed by atoms with Gasteiger partial charge in [-0.25, -0.2) is 17.7 Å². The van der Waals surface area contributed by atoms with Crippen molar-refractivity contribution >= 4 is 33.4 Å². The minimum absolute atomic E-state index is 0.127. The molecule has 4 rings (SSSR count). The summed E-state index contributed by atoms with van der Waals surface area (Å²) in [5.74, 6) is 0.627. The van der Waals surface area contributed by atoms with Crippen molar-refractivity contribution in [3.8, 4) is 0 Å². The lowest BCUT2D eigenvalue weighted by atomic mass is 10.1. The predicted octanol–water partition coefficient (Wildman–Crippen LogP) is 4.20. The standard InChI is InChI=1S/C22H23N3O3S2/c1-3-14-29-22-23-21-18(24(22)2)19(26)20(17-12-8-5-9-13-17)30(27,28)25(21)15-16-10-6-4-7-11-16/h4-13,20H,3,14-15H2,1-2H3. The zero-order chi connectivity index (χ0) is 21.3. The van der Waals surface area contributed by atoms with Gasteiger partial charge in [-0.15, -0.1) is 0 Å². The van der Waals surface area contributed by atoms with Gasteiger partial charge in [0.05, 0.1) is 6.54 Å². The minimum atomic E-state index is -4.00. The van der Waals surface area contributed by atoms with Crippen LogP contribution in [-0.2, 0) is 23.6 Å². The summed E-state index contributed by atoms with van der Waals surface area (Å²) < 4.78 is 30.4. The van der Waals surface area contributed by atoms with Crippen molar-refractivity contribution in [2.45, 2.75) is 30.3 Å². The van der Waals surface area contributed by atoms with E-state index in [4.69, 9.17) is 0 Å². The van der Waals surface area contributed by atoms with Crippen molar-refractivity contribution < 1.29 is 13.2 Å². The first kappa shape index (κ1) is 20.7. The van der Waals surface area contributed by atoms with Crippen LogP contribution in [0.4, 0.5) is 5.82 Å². The third kappa shape index (κ3) is 3.54. The van der Waals surface area contributed by atoms with Gasteiger partial charge in [-0.2, -0.15) is 0 Å². The second kappa shape index (κ2) is 8.28. The van der Waals surface area contributed by atoms with Crippen LogP contribution in [0.5, 0.6) is 0 Å². The number of fused-ring (bicyclic) bond motifs is 1. The quantitative estimate of drug-likeness (QED) is 0.536. The van der Waals surface area contributed by atoms with Crippen molar-refractivity contribution in [1.82, 2.24) is 9.55 Å². The molecule has 0 bridgehead atoms. The van der Waals surface area contributed by atoms with Gasteiger partial charge in [0.2, 0.25) is 5.78 Å². The Hall–Kier alpha value is -2.58. The number of ketones is 1. The molecular formula is C22H23N3O3S2. The molecule has 3 aromatic rings. The van der Waals surface area contributed by atoms with E-state index in [0.29, 0.717) is 16.4 Å². The molecular weight excluding hydrogens is 418 g/mol. The normalized spacial score (nSPS) is 17.7. The highest BCUT2D eigenvalue weighted by Crippen LogP contribution is 2.42. The van der Waals surface area contributed by atoms with Crippen LogP contribution in [-0.4, -0.2) is 29.5 Å². The largest absolute Gasteiger partial charge is 0.318 e. The SMILES string of the molecule is CCCSc1nc2c(n1C)C(=O)C(c1ccccc1)S(=O)(=O)N2Cc1ccccc1. The number of carbonyl (C=O) groups is 1. The van der Waals surface area contributed by atoms with Crippen molar-refractivity contribution in [3.63, 3.8) is 0 Å². The van der Waals surface area contributed by atoms with Crippen LogP contribution in [0.3, 0.4) is 0 Å². The number of Topliss-reactive ketones (excluding diaryl/α,β-unsaturated/α-hetero) is 1. The van der Waals surface area contributed by atoms with E-state index in [2.05, 4.69) is 11.9 Å². The fraction of sp³-hybridized carbons (Fsp3) is 0.273. The summed E-state index contributed by atoms with van der Waals surface area (Å²) in [5, 5.41) is -0.633. The molecule has 1 atom stereocenters. The van der Waals surface area contributed by atoms with E-state index in [9.17, 15) is 13.2 Å². The zero-order valence-corrected chi connectivity index (χ0v) is 18.5. The summed E-state index contributed by atoms with van der Waals surface area (Å²) in [6, 6.07) is 18.1. The van der Waals surface area contributed by atoms with E-state index < -0.39 is 21.1 Å². The molecule has 0 spiro atoms. The number of hydrogen-bond acceptors (Lipinski definition) is 5. The third-order valence-electron chi connectivity index (χ3n) is 5.06. The molecule has 6 nitrogen and oxygen atoms in total. The zero-order valence-electron chi connectivity index (χ0n) is 16.9. The molecule has 0 aliphatic carbocycles. The summed E-state index contributed by atoms with van der Waals surface area (Å²) in [5.41, 5.74) is 1.64. The number of hydrogen-bond donors (Lipinski definition) is 0. The lowest BCUT2D eigenvalue weighted by Gasteiger charge is -2.32. The summed E-state index contributed by atoms with van der Waals surface area (Å²) in [6.07, 6.45) is 0.953. The summed E-state index contributed by atoms with van der Waals surface area (Å²) in [7, 11) is -2.22. The highest BCUT2D eigenvalue weighted by atomic mass is 32.2. The summed E-state index contributed by atoms with van der Waals surface area (Å²) in [6.45, 7) is 2.19. The van der Waals surface area contributed by atoms with Crippen molar-refractivity contribution in [3.05, 3.63) is 77.5 Å². The van der Waals surface area contributed by atoms with Crippen LogP contribution in [0.25, 0.3) is 0 Å². The van der Waals surface area contributed by atoms with Crippen LogP contribution in [0.1, 0.15) is 40.2 Å². The highest BCUT2D eigenvalue weighted by molar-refractivity contribution is 7.99. The van der Waals surface area contributed by atoms with Gasteiger partial charge in [-0.1, -0.05) is 79.3 Å². The molecule has 30 heavy (non-hydrogen) atoms. The van der Waals surface area contributed by atoms with E-state index in [1.165, 1.54) is 16.1 Å². The second-order valence-electron chi connectivity index (χ2n) is 7.17. The van der Waals surface area contributed by atoms with Gasteiger partial charge < -0.3 is 4.57 Å². The van der Waals surface area contributed by atoms with Gasteiger partial charge in [0.1, 0.15) is 5.69 Å². The maximum Gasteiger partial charge on any atom is 0.251 e. The molecule has 2 heterocycles. The number of nitrogens with zero attached hydrogens (tertiary/aromatic N) is 3. The molecule has 2 aromatic carbocycles. The van der Waals surface area contributed by atoms with Crippen molar-refractivity contribution in [2.24, 2.45) is 7.05 Å². The number of rotatable bonds is 6. The van der Waals surface area contributed by atoms with Gasteiger partial charge in [-0.3, -0.25) is 4.79 Å². The van der Waals surface area contributed by atoms with Gasteiger partial charge in [0.25, 0.3) is 10.0 Å². The van der Waals surface area contributed by atoms with Gasteiger partial charge in [0, 0.05) is 12.8 Å². The molecule has 1 unspecified atom stereocenters. The van der Waals surface area contributed by atoms with Crippen LogP contribution in [0, 0.1) is 0 Å². The van der Waals surface area contributed by atoms with E-state index in [-0.39, 0.29) is 12.4 Å². The average Bonchev–Trinajstić information content (AvgIpc) is 3.07. The highest BCUT2D eigenvalue weighted by Gasteiger charge is 2.48. The Balaban J connectivity index is 1.89. The lowest BCUT2D eigenvalue weighted by Crippen LogP contribution is -2.43. The van der Waals surface area contributed by atoms with Crippen molar-refractivity contribution in [2.75, 3.05) is 10.1 Å². The molecule has 1 aliphatic heterocycles. The molecule has 0 fully saturated rings. The molecule has 1 aromatic heterocycles. The lowest BCUT2D eigenvalue weighted by molar-refractivity contribution is 0.0976. The topological polar surface area (TPSA) is 72.3 Å². The molecule has 1 aliphatic rings. The first-order valence-corrected chi connectivity index (χ1v) is 12.3. The van der Waals surface area contributed by atoms with Gasteiger partial charge in [0.15, 0.2) is 16.2 Å². The minimum Gasteiger partial charge on any atom is -0.318 e. The number of aromatic nitrogens is 2. The molecule has 8 heteroatoms. The Kier molecular flexibility index (Phi) is 5.71. The summed E-state index contributed by atoms with van der Waals surface area (Å²) in [4.78, 5) is 18.1. The monoisotopic (exact) mass is 441 g/mol. The van der Waals surface area contributed by atoms with Crippen molar-refractivity contribution in [1.29, 1.82) is 0 Å². The van der Waals surface area contributed by atoms with Gasteiger partial charge in [-0.05, 0) is 17.5 Å². The smallest absolute Gasteiger partial charge is 0.251 e. The first-order chi connectivity index (χ1) is 14.4. The molecule has 0 saturated carbocycles. The number of sulfonamides is 1. The molecule has 0 N–H and O–H groups in total. The molecule has 0 amide bonds. The van der Waals surface area contributed by atoms with E-state index in [1.54, 1.807) is 41.9 Å². The van der Waals surface area contributed by atoms with Crippen LogP contribution in [0.15, 0.2) is 65.8 Å². The molecule has 0 saturated heterocycles. The predicted molar refractivity (Wildman–Crippen MR) is 119 cm³/mol. The molecule has 156 valence electrons. The summed E-state index contributed by atoms with van der Waals surface area (Å²) >= 11 is 1.53. The Labute approximate surface area is 181 Å². The Morgan fingerprint density at radius 2 is 1.67 bits per heavy atom. The Morgan fingerprint density at radius 3 is 2.30 bits per heavy atom. The van der Waals surface area contributed by atoms with Crippen LogP contribution >= 0.6 is 11.8 Å². The number of benzene rings is 2. The maximum absolute atomic E-state index is 13.7. The van der Waals surface area contributed by atoms with Gasteiger partial charge >= 0.3 is 0 Å². The van der Waals surface area contributed by atoms with Crippen LogP contribution in [0.2, 0.25) is 0 Å². The first-order valence-electron chi connectivity index (χ1n) is 9.79. The Bertz CT molecular complexity index is 1160. The van der Waals surface area contributed by atoms with E-state index >= 15 is 0 Å². The van der Waals surface area contributed by atoms with E-state index in [0.717, 1.165) is 17.7 Å². The average molecular weight is 442 g/mol. The Morgan fingerprint density at radius 1 is 1.03 bits per heavy atom. The molecule has 0 radical (unpaired) electrons. The van der Waals surface area contributed by atoms with Crippen LogP contribution < -0.4 is 4.31 Å². The fourth-order valence-corrected chi connectivity index (χ4v) is 6.27.